The molecular weight excluding hydrogens is 296 g/mol. The van der Waals surface area contributed by atoms with E-state index >= 15 is 0 Å². The second kappa shape index (κ2) is 5.53. The van der Waals surface area contributed by atoms with Crippen molar-refractivity contribution in [1.29, 1.82) is 0 Å². The van der Waals surface area contributed by atoms with Crippen molar-refractivity contribution in [3.8, 4) is 0 Å². The number of fused-ring (bicyclic) bond motifs is 1. The Labute approximate surface area is 133 Å². The van der Waals surface area contributed by atoms with Crippen LogP contribution in [0.1, 0.15) is 47.2 Å². The molecule has 0 saturated carbocycles. The van der Waals surface area contributed by atoms with E-state index in [0.717, 1.165) is 16.9 Å². The Morgan fingerprint density at radius 1 is 1.32 bits per heavy atom. The first-order valence-electron chi connectivity index (χ1n) is 7.18. The minimum absolute atomic E-state index is 0.182. The van der Waals surface area contributed by atoms with Gasteiger partial charge in [-0.25, -0.2) is 9.97 Å². The zero-order chi connectivity index (χ0) is 15.9. The molecule has 0 fully saturated rings. The summed E-state index contributed by atoms with van der Waals surface area (Å²) in [5.41, 5.74) is 4.15. The zero-order valence-electron chi connectivity index (χ0n) is 13.0. The fourth-order valence-electron chi connectivity index (χ4n) is 2.30. The molecule has 0 bridgehead atoms. The van der Waals surface area contributed by atoms with Gasteiger partial charge in [-0.3, -0.25) is 14.5 Å². The molecule has 0 saturated heterocycles. The van der Waals surface area contributed by atoms with Gasteiger partial charge in [0.25, 0.3) is 5.91 Å². The van der Waals surface area contributed by atoms with Crippen molar-refractivity contribution in [3.05, 3.63) is 46.4 Å². The third-order valence-corrected chi connectivity index (χ3v) is 4.28. The lowest BCUT2D eigenvalue weighted by atomic mass is 10.2. The summed E-state index contributed by atoms with van der Waals surface area (Å²) in [6, 6.07) is 3.93. The molecule has 0 aliphatic carbocycles. The molecule has 0 atom stereocenters. The van der Waals surface area contributed by atoms with Crippen LogP contribution < -0.4 is 5.32 Å². The minimum atomic E-state index is -0.182. The molecule has 3 aromatic rings. The molecule has 3 aromatic heterocycles. The van der Waals surface area contributed by atoms with Crippen molar-refractivity contribution < 1.29 is 4.79 Å². The van der Waals surface area contributed by atoms with Gasteiger partial charge in [0.1, 0.15) is 11.3 Å². The molecular formula is C16H18N4OS. The summed E-state index contributed by atoms with van der Waals surface area (Å²) in [5, 5.41) is 5.47. The Balaban J connectivity index is 1.93. The van der Waals surface area contributed by atoms with E-state index in [-0.39, 0.29) is 5.91 Å². The van der Waals surface area contributed by atoms with Gasteiger partial charge in [0.2, 0.25) is 0 Å². The average Bonchev–Trinajstić information content (AvgIpc) is 3.01. The average molecular weight is 314 g/mol. The summed E-state index contributed by atoms with van der Waals surface area (Å²) in [6.45, 7) is 8.01. The third-order valence-electron chi connectivity index (χ3n) is 3.50. The summed E-state index contributed by atoms with van der Waals surface area (Å²) in [4.78, 5) is 21.5. The Hall–Kier alpha value is -2.21. The summed E-state index contributed by atoms with van der Waals surface area (Å²) >= 11 is 1.44. The lowest BCUT2D eigenvalue weighted by Crippen LogP contribution is -2.15. The van der Waals surface area contributed by atoms with E-state index in [9.17, 15) is 4.79 Å². The van der Waals surface area contributed by atoms with Crippen LogP contribution >= 0.6 is 11.3 Å². The van der Waals surface area contributed by atoms with E-state index < -0.39 is 0 Å². The maximum absolute atomic E-state index is 12.6. The number of nitrogens with one attached hydrogen (secondary N) is 1. The quantitative estimate of drug-likeness (QED) is 0.800. The van der Waals surface area contributed by atoms with Crippen LogP contribution in [-0.2, 0) is 0 Å². The van der Waals surface area contributed by atoms with Crippen molar-refractivity contribution in [2.75, 3.05) is 5.32 Å². The molecule has 22 heavy (non-hydrogen) atoms. The number of nitrogens with zero attached hydrogens (tertiary/aromatic N) is 3. The highest BCUT2D eigenvalue weighted by atomic mass is 32.1. The molecule has 0 spiro atoms. The highest BCUT2D eigenvalue weighted by molar-refractivity contribution is 7.14. The summed E-state index contributed by atoms with van der Waals surface area (Å²) in [6.07, 6.45) is 1.88. The molecule has 6 heteroatoms. The fourth-order valence-corrected chi connectivity index (χ4v) is 3.17. The maximum atomic E-state index is 12.6. The van der Waals surface area contributed by atoms with Crippen LogP contribution in [0.2, 0.25) is 0 Å². The predicted molar refractivity (Wildman–Crippen MR) is 88.8 cm³/mol. The highest BCUT2D eigenvalue weighted by Crippen LogP contribution is 2.22. The van der Waals surface area contributed by atoms with Crippen molar-refractivity contribution in [2.45, 2.75) is 33.6 Å². The second-order valence-electron chi connectivity index (χ2n) is 5.66. The first-order valence-corrected chi connectivity index (χ1v) is 8.05. The highest BCUT2D eigenvalue weighted by Gasteiger charge is 2.18. The molecule has 3 rings (SSSR count). The number of hydrogen-bond acceptors (Lipinski definition) is 4. The Kier molecular flexibility index (Phi) is 3.70. The second-order valence-corrected chi connectivity index (χ2v) is 6.52. The molecule has 0 unspecified atom stereocenters. The van der Waals surface area contributed by atoms with Gasteiger partial charge in [-0.05, 0) is 37.5 Å². The fraction of sp³-hybridized carbons (Fsp3) is 0.312. The standard InChI is InChI=1S/C16H18N4OS/c1-9(2)12-8-22-16(18-12)19-15(21)14-11(4)17-13-7-10(3)5-6-20(13)14/h5-9H,1-4H3,(H,18,19,21). The van der Waals surface area contributed by atoms with Gasteiger partial charge in [-0.15, -0.1) is 11.3 Å². The van der Waals surface area contributed by atoms with E-state index in [4.69, 9.17) is 0 Å². The number of aromatic nitrogens is 3. The first-order chi connectivity index (χ1) is 10.5. The molecule has 0 radical (unpaired) electrons. The van der Waals surface area contributed by atoms with Crippen LogP contribution in [0.25, 0.3) is 5.65 Å². The Morgan fingerprint density at radius 3 is 2.77 bits per heavy atom. The topological polar surface area (TPSA) is 59.3 Å². The number of anilines is 1. The molecule has 114 valence electrons. The summed E-state index contributed by atoms with van der Waals surface area (Å²) in [7, 11) is 0. The minimum Gasteiger partial charge on any atom is -0.296 e. The lowest BCUT2D eigenvalue weighted by Gasteiger charge is -2.04. The number of thiazole rings is 1. The number of carbonyl (C=O) groups is 1. The first kappa shape index (κ1) is 14.7. The monoisotopic (exact) mass is 314 g/mol. The van der Waals surface area contributed by atoms with E-state index in [1.165, 1.54) is 11.3 Å². The van der Waals surface area contributed by atoms with E-state index in [2.05, 4.69) is 29.1 Å². The van der Waals surface area contributed by atoms with E-state index in [0.29, 0.717) is 22.4 Å². The number of rotatable bonds is 3. The van der Waals surface area contributed by atoms with Crippen molar-refractivity contribution in [3.63, 3.8) is 0 Å². The van der Waals surface area contributed by atoms with Crippen LogP contribution in [0.4, 0.5) is 5.13 Å². The van der Waals surface area contributed by atoms with Crippen molar-refractivity contribution in [1.82, 2.24) is 14.4 Å². The zero-order valence-corrected chi connectivity index (χ0v) is 13.9. The number of pyridine rings is 1. The normalized spacial score (nSPS) is 11.3. The summed E-state index contributed by atoms with van der Waals surface area (Å²) in [5.74, 6) is 0.168. The van der Waals surface area contributed by atoms with Gasteiger partial charge in [0.05, 0.1) is 11.4 Å². The molecule has 1 amide bonds. The molecule has 0 aliphatic heterocycles. The molecule has 0 aliphatic rings. The number of hydrogen-bond donors (Lipinski definition) is 1. The number of aryl methyl sites for hydroxylation is 2. The largest absolute Gasteiger partial charge is 0.296 e. The van der Waals surface area contributed by atoms with Gasteiger partial charge in [-0.2, -0.15) is 0 Å². The lowest BCUT2D eigenvalue weighted by molar-refractivity contribution is 0.102. The molecule has 0 aromatic carbocycles. The van der Waals surface area contributed by atoms with Crippen molar-refractivity contribution >= 4 is 28.0 Å². The number of carbonyl (C=O) groups excluding carboxylic acids is 1. The van der Waals surface area contributed by atoms with Gasteiger partial charge in [0, 0.05) is 11.6 Å². The van der Waals surface area contributed by atoms with Gasteiger partial charge in [0.15, 0.2) is 5.13 Å². The maximum Gasteiger partial charge on any atom is 0.276 e. The molecule has 3 heterocycles. The SMILES string of the molecule is Cc1ccn2c(C(=O)Nc3nc(C(C)C)cs3)c(C)nc2c1. The van der Waals surface area contributed by atoms with Crippen LogP contribution in [0.5, 0.6) is 0 Å². The smallest absolute Gasteiger partial charge is 0.276 e. The predicted octanol–water partition coefficient (Wildman–Crippen LogP) is 3.78. The summed E-state index contributed by atoms with van der Waals surface area (Å²) < 4.78 is 1.81. The van der Waals surface area contributed by atoms with Gasteiger partial charge in [-0.1, -0.05) is 13.8 Å². The number of imidazole rings is 1. The van der Waals surface area contributed by atoms with Crippen LogP contribution in [-0.4, -0.2) is 20.3 Å². The molecule has 5 nitrogen and oxygen atoms in total. The Morgan fingerprint density at radius 2 is 2.09 bits per heavy atom. The van der Waals surface area contributed by atoms with Gasteiger partial charge >= 0.3 is 0 Å². The van der Waals surface area contributed by atoms with Crippen LogP contribution in [0.15, 0.2) is 23.7 Å². The Bertz CT molecular complexity index is 847. The van der Waals surface area contributed by atoms with Crippen LogP contribution in [0.3, 0.4) is 0 Å². The van der Waals surface area contributed by atoms with Gasteiger partial charge < -0.3 is 0 Å². The third kappa shape index (κ3) is 2.62. The number of amides is 1. The van der Waals surface area contributed by atoms with Crippen LogP contribution in [0, 0.1) is 13.8 Å². The van der Waals surface area contributed by atoms with E-state index in [1.54, 1.807) is 0 Å². The van der Waals surface area contributed by atoms with Crippen molar-refractivity contribution in [2.24, 2.45) is 0 Å². The van der Waals surface area contributed by atoms with E-state index in [1.807, 2.05) is 42.0 Å². The molecule has 1 N–H and O–H groups in total.